The first kappa shape index (κ1) is 21.7. The van der Waals surface area contributed by atoms with E-state index in [4.69, 9.17) is 20.6 Å². The van der Waals surface area contributed by atoms with Gasteiger partial charge in [0, 0.05) is 54.6 Å². The van der Waals surface area contributed by atoms with Crippen LogP contribution in [0.15, 0.2) is 30.5 Å². The van der Waals surface area contributed by atoms with E-state index in [1.165, 1.54) is 0 Å². The van der Waals surface area contributed by atoms with Gasteiger partial charge in [-0.2, -0.15) is 5.10 Å². The number of piperidine rings is 1. The molecule has 3 aromatic rings. The lowest BCUT2D eigenvalue weighted by molar-refractivity contribution is 0.0604. The number of nitrogens with zero attached hydrogens (tertiary/aromatic N) is 5. The number of likely N-dealkylation sites (tertiary alicyclic amines) is 1. The quantitative estimate of drug-likeness (QED) is 0.659. The van der Waals surface area contributed by atoms with Gasteiger partial charge in [-0.1, -0.05) is 6.07 Å². The zero-order chi connectivity index (χ0) is 23.1. The monoisotopic (exact) mass is 448 g/mol. The van der Waals surface area contributed by atoms with Crippen molar-refractivity contribution in [1.29, 1.82) is 0 Å². The molecule has 0 saturated carbocycles. The third-order valence-electron chi connectivity index (χ3n) is 6.99. The first-order chi connectivity index (χ1) is 16.0. The maximum absolute atomic E-state index is 13.6. The van der Waals surface area contributed by atoms with Gasteiger partial charge in [0.2, 0.25) is 0 Å². The molecule has 8 nitrogen and oxygen atoms in total. The lowest BCUT2D eigenvalue weighted by Gasteiger charge is -2.35. The van der Waals surface area contributed by atoms with Crippen molar-refractivity contribution in [2.24, 2.45) is 5.73 Å². The van der Waals surface area contributed by atoms with Crippen LogP contribution in [-0.2, 0) is 0 Å². The molecule has 0 aliphatic carbocycles. The van der Waals surface area contributed by atoms with Crippen molar-refractivity contribution in [2.75, 3.05) is 31.6 Å². The second-order valence-corrected chi connectivity index (χ2v) is 9.26. The number of benzene rings is 1. The third kappa shape index (κ3) is 3.93. The summed E-state index contributed by atoms with van der Waals surface area (Å²) in [7, 11) is 1.63. The highest BCUT2D eigenvalue weighted by Crippen LogP contribution is 2.34. The topological polar surface area (TPSA) is 89.0 Å². The normalized spacial score (nSPS) is 21.1. The van der Waals surface area contributed by atoms with Crippen LogP contribution in [0.2, 0.25) is 0 Å². The zero-order valence-corrected chi connectivity index (χ0v) is 19.6. The molecular weight excluding hydrogens is 416 g/mol. The average Bonchev–Trinajstić information content (AvgIpc) is 3.44. The fourth-order valence-corrected chi connectivity index (χ4v) is 5.19. The lowest BCUT2D eigenvalue weighted by Crippen LogP contribution is -2.39. The van der Waals surface area contributed by atoms with E-state index >= 15 is 0 Å². The van der Waals surface area contributed by atoms with Crippen LogP contribution in [-0.4, -0.2) is 58.2 Å². The van der Waals surface area contributed by atoms with Crippen LogP contribution >= 0.6 is 0 Å². The Balaban J connectivity index is 1.48. The van der Waals surface area contributed by atoms with Crippen LogP contribution in [0.3, 0.4) is 0 Å². The summed E-state index contributed by atoms with van der Waals surface area (Å²) in [4.78, 5) is 22.8. The van der Waals surface area contributed by atoms with Crippen molar-refractivity contribution in [3.63, 3.8) is 0 Å². The summed E-state index contributed by atoms with van der Waals surface area (Å²) in [5.74, 6) is 1.74. The molecule has 2 atom stereocenters. The fourth-order valence-electron chi connectivity index (χ4n) is 5.19. The number of carbonyl (C=O) groups is 1. The minimum absolute atomic E-state index is 0.0315. The van der Waals surface area contributed by atoms with Crippen LogP contribution in [0.5, 0.6) is 5.75 Å². The predicted octanol–water partition coefficient (Wildman–Crippen LogP) is 3.26. The summed E-state index contributed by atoms with van der Waals surface area (Å²) >= 11 is 0. The van der Waals surface area contributed by atoms with E-state index in [-0.39, 0.29) is 18.0 Å². The van der Waals surface area contributed by atoms with Crippen molar-refractivity contribution in [1.82, 2.24) is 19.5 Å². The van der Waals surface area contributed by atoms with Crippen LogP contribution < -0.4 is 15.4 Å². The van der Waals surface area contributed by atoms with E-state index in [9.17, 15) is 4.79 Å². The van der Waals surface area contributed by atoms with Crippen molar-refractivity contribution in [3.05, 3.63) is 52.8 Å². The SMILES string of the molecule is COc1cccc(C(=O)N2CCCC[C@H]2c2cc3nc(N4CC[C@H](N)C4)c(C)cn3n2)c1C. The molecule has 2 N–H and O–H groups in total. The molecule has 0 bridgehead atoms. The number of fused-ring (bicyclic) bond motifs is 1. The number of aromatic nitrogens is 3. The number of methoxy groups -OCH3 is 1. The largest absolute Gasteiger partial charge is 0.496 e. The molecule has 2 aromatic heterocycles. The molecular formula is C25H32N6O2. The van der Waals surface area contributed by atoms with Crippen molar-refractivity contribution in [3.8, 4) is 5.75 Å². The van der Waals surface area contributed by atoms with Crippen LogP contribution in [0.25, 0.3) is 5.65 Å². The highest BCUT2D eigenvalue weighted by Gasteiger charge is 2.32. The van der Waals surface area contributed by atoms with E-state index in [0.29, 0.717) is 5.56 Å². The van der Waals surface area contributed by atoms with Crippen LogP contribution in [0.1, 0.15) is 58.9 Å². The highest BCUT2D eigenvalue weighted by molar-refractivity contribution is 5.96. The molecule has 33 heavy (non-hydrogen) atoms. The molecule has 2 fully saturated rings. The molecule has 1 aromatic carbocycles. The summed E-state index contributed by atoms with van der Waals surface area (Å²) in [5.41, 5.74) is 10.5. The van der Waals surface area contributed by atoms with Gasteiger partial charge < -0.3 is 20.3 Å². The van der Waals surface area contributed by atoms with E-state index in [0.717, 1.165) is 79.4 Å². The predicted molar refractivity (Wildman–Crippen MR) is 128 cm³/mol. The smallest absolute Gasteiger partial charge is 0.254 e. The number of hydrogen-bond acceptors (Lipinski definition) is 6. The molecule has 0 unspecified atom stereocenters. The van der Waals surface area contributed by atoms with E-state index in [2.05, 4.69) is 11.8 Å². The molecule has 174 valence electrons. The summed E-state index contributed by atoms with van der Waals surface area (Å²) in [6, 6.07) is 7.82. The van der Waals surface area contributed by atoms with Gasteiger partial charge in [0.25, 0.3) is 5.91 Å². The molecule has 4 heterocycles. The molecule has 5 rings (SSSR count). The van der Waals surface area contributed by atoms with Gasteiger partial charge in [0.1, 0.15) is 11.6 Å². The van der Waals surface area contributed by atoms with Gasteiger partial charge in [-0.05, 0) is 51.7 Å². The van der Waals surface area contributed by atoms with Crippen LogP contribution in [0.4, 0.5) is 5.82 Å². The Morgan fingerprint density at radius 2 is 2.03 bits per heavy atom. The number of hydrogen-bond donors (Lipinski definition) is 1. The van der Waals surface area contributed by atoms with Gasteiger partial charge in [0.05, 0.1) is 18.8 Å². The maximum Gasteiger partial charge on any atom is 0.254 e. The van der Waals surface area contributed by atoms with Gasteiger partial charge in [-0.15, -0.1) is 0 Å². The number of carbonyl (C=O) groups excluding carboxylic acids is 1. The average molecular weight is 449 g/mol. The first-order valence-corrected chi connectivity index (χ1v) is 11.8. The van der Waals surface area contributed by atoms with E-state index in [1.807, 2.05) is 46.8 Å². The first-order valence-electron chi connectivity index (χ1n) is 11.8. The molecule has 2 aliphatic rings. The summed E-state index contributed by atoms with van der Waals surface area (Å²) in [6.45, 7) is 6.48. The standard InChI is InChI=1S/C25H32N6O2/c1-16-14-31-23(27-24(16)29-12-10-18(26)15-29)13-20(28-31)21-8-4-5-11-30(21)25(32)19-7-6-9-22(33-3)17(19)2/h6-7,9,13-14,18,21H,4-5,8,10-12,15,26H2,1-3H3/t18-,21-/m0/s1. The zero-order valence-electron chi connectivity index (χ0n) is 19.6. The number of ether oxygens (including phenoxy) is 1. The van der Waals surface area contributed by atoms with Gasteiger partial charge in [-0.25, -0.2) is 9.50 Å². The Morgan fingerprint density at radius 1 is 1.18 bits per heavy atom. The number of amides is 1. The van der Waals surface area contributed by atoms with Gasteiger partial charge >= 0.3 is 0 Å². The third-order valence-corrected chi connectivity index (χ3v) is 6.99. The minimum atomic E-state index is -0.0671. The fraction of sp³-hybridized carbons (Fsp3) is 0.480. The number of nitrogens with two attached hydrogens (primary N) is 1. The molecule has 1 amide bonds. The molecule has 0 radical (unpaired) electrons. The molecule has 8 heteroatoms. The molecule has 0 spiro atoms. The second-order valence-electron chi connectivity index (χ2n) is 9.26. The van der Waals surface area contributed by atoms with E-state index in [1.54, 1.807) is 7.11 Å². The Labute approximate surface area is 194 Å². The van der Waals surface area contributed by atoms with Crippen molar-refractivity contribution < 1.29 is 9.53 Å². The molecule has 2 saturated heterocycles. The maximum atomic E-state index is 13.6. The van der Waals surface area contributed by atoms with Gasteiger partial charge in [-0.3, -0.25) is 4.79 Å². The minimum Gasteiger partial charge on any atom is -0.496 e. The van der Waals surface area contributed by atoms with Crippen molar-refractivity contribution in [2.45, 2.75) is 51.6 Å². The van der Waals surface area contributed by atoms with Crippen LogP contribution in [0, 0.1) is 13.8 Å². The van der Waals surface area contributed by atoms with Gasteiger partial charge in [0.15, 0.2) is 5.65 Å². The molecule has 2 aliphatic heterocycles. The number of aryl methyl sites for hydroxylation is 1. The summed E-state index contributed by atoms with van der Waals surface area (Å²) in [6.07, 6.45) is 5.98. The lowest BCUT2D eigenvalue weighted by atomic mass is 9.97. The summed E-state index contributed by atoms with van der Waals surface area (Å²) < 4.78 is 7.28. The number of rotatable bonds is 4. The number of anilines is 1. The highest BCUT2D eigenvalue weighted by atomic mass is 16.5. The van der Waals surface area contributed by atoms with Crippen molar-refractivity contribution >= 4 is 17.4 Å². The van der Waals surface area contributed by atoms with E-state index < -0.39 is 0 Å². The Morgan fingerprint density at radius 3 is 2.79 bits per heavy atom. The Hall–Kier alpha value is -3.13. The Kier molecular flexibility index (Phi) is 5.70. The summed E-state index contributed by atoms with van der Waals surface area (Å²) in [5, 5.41) is 4.85. The Bertz CT molecular complexity index is 1190. The second kappa shape index (κ2) is 8.67.